The highest BCUT2D eigenvalue weighted by Crippen LogP contribution is 2.32. The Bertz CT molecular complexity index is 463. The van der Waals surface area contributed by atoms with Crippen LogP contribution in [0, 0.1) is 5.92 Å². The van der Waals surface area contributed by atoms with Crippen molar-refractivity contribution in [2.75, 3.05) is 0 Å². The predicted octanol–water partition coefficient (Wildman–Crippen LogP) is 4.43. The van der Waals surface area contributed by atoms with E-state index < -0.39 is 0 Å². The van der Waals surface area contributed by atoms with Crippen LogP contribution in [0.15, 0.2) is 22.7 Å². The van der Waals surface area contributed by atoms with Gasteiger partial charge in [-0.25, -0.2) is 0 Å². The second-order valence-electron chi connectivity index (χ2n) is 5.19. The van der Waals surface area contributed by atoms with Gasteiger partial charge in [0.25, 0.3) is 0 Å². The van der Waals surface area contributed by atoms with Crippen LogP contribution >= 0.6 is 28.1 Å². The molecule has 2 unspecified atom stereocenters. The Kier molecular flexibility index (Phi) is 5.22. The van der Waals surface area contributed by atoms with Crippen LogP contribution in [-0.2, 0) is 0 Å². The molecule has 0 aromatic heterocycles. The average Bonchev–Trinajstić information content (AvgIpc) is 2.38. The lowest BCUT2D eigenvalue weighted by Crippen LogP contribution is -2.26. The number of ether oxygens (including phenoxy) is 1. The molecule has 2 N–H and O–H groups in total. The normalized spacial score (nSPS) is 23.1. The van der Waals surface area contributed by atoms with Crippen LogP contribution in [0.4, 0.5) is 0 Å². The summed E-state index contributed by atoms with van der Waals surface area (Å²) in [5, 5.41) is 0. The topological polar surface area (TPSA) is 35.2 Å². The lowest BCUT2D eigenvalue weighted by atomic mass is 9.85. The fraction of sp³-hybridized carbons (Fsp3) is 0.533. The van der Waals surface area contributed by atoms with Gasteiger partial charge in [0.1, 0.15) is 10.7 Å². The van der Waals surface area contributed by atoms with E-state index in [0.29, 0.717) is 11.1 Å². The van der Waals surface area contributed by atoms with E-state index in [1.165, 1.54) is 19.3 Å². The lowest BCUT2D eigenvalue weighted by molar-refractivity contribution is 0.122. The van der Waals surface area contributed by atoms with Gasteiger partial charge in [-0.05, 0) is 43.4 Å². The minimum absolute atomic E-state index is 0.293. The Hall–Kier alpha value is -0.610. The van der Waals surface area contributed by atoms with E-state index in [4.69, 9.17) is 22.7 Å². The Labute approximate surface area is 128 Å². The number of hydrogen-bond acceptors (Lipinski definition) is 2. The van der Waals surface area contributed by atoms with Gasteiger partial charge < -0.3 is 10.5 Å². The second kappa shape index (κ2) is 6.71. The minimum Gasteiger partial charge on any atom is -0.490 e. The summed E-state index contributed by atoms with van der Waals surface area (Å²) < 4.78 is 7.15. The first-order chi connectivity index (χ1) is 9.10. The average molecular weight is 342 g/mol. The highest BCUT2D eigenvalue weighted by molar-refractivity contribution is 9.10. The molecule has 0 heterocycles. The van der Waals surface area contributed by atoms with Gasteiger partial charge in [0.15, 0.2) is 0 Å². The van der Waals surface area contributed by atoms with Crippen molar-refractivity contribution in [3.8, 4) is 5.75 Å². The molecule has 1 aliphatic carbocycles. The molecular formula is C15H20BrNOS. The molecule has 0 spiro atoms. The van der Waals surface area contributed by atoms with Gasteiger partial charge in [-0.15, -0.1) is 0 Å². The Morgan fingerprint density at radius 2 is 2.26 bits per heavy atom. The molecule has 0 radical (unpaired) electrons. The molecule has 0 aliphatic heterocycles. The highest BCUT2D eigenvalue weighted by Gasteiger charge is 2.23. The van der Waals surface area contributed by atoms with E-state index in [1.807, 2.05) is 18.2 Å². The van der Waals surface area contributed by atoms with Crippen LogP contribution in [0.3, 0.4) is 0 Å². The first-order valence-corrected chi connectivity index (χ1v) is 8.06. The van der Waals surface area contributed by atoms with Crippen LogP contribution in [0.25, 0.3) is 0 Å². The Balaban J connectivity index is 2.13. The molecule has 104 valence electrons. The second-order valence-corrected chi connectivity index (χ2v) is 6.54. The van der Waals surface area contributed by atoms with Crippen molar-refractivity contribution in [2.45, 2.75) is 45.1 Å². The van der Waals surface area contributed by atoms with Gasteiger partial charge in [-0.1, -0.05) is 47.9 Å². The molecule has 0 amide bonds. The zero-order valence-electron chi connectivity index (χ0n) is 11.2. The van der Waals surface area contributed by atoms with Crippen molar-refractivity contribution in [1.29, 1.82) is 0 Å². The van der Waals surface area contributed by atoms with Crippen molar-refractivity contribution in [3.63, 3.8) is 0 Å². The fourth-order valence-corrected chi connectivity index (χ4v) is 3.21. The monoisotopic (exact) mass is 341 g/mol. The Morgan fingerprint density at radius 1 is 1.47 bits per heavy atom. The maximum atomic E-state index is 6.16. The minimum atomic E-state index is 0.293. The number of hydrogen-bond donors (Lipinski definition) is 1. The first kappa shape index (κ1) is 14.8. The van der Waals surface area contributed by atoms with Gasteiger partial charge in [0, 0.05) is 4.47 Å². The first-order valence-electron chi connectivity index (χ1n) is 6.86. The number of rotatable bonds is 4. The maximum absolute atomic E-state index is 6.16. The molecule has 2 atom stereocenters. The standard InChI is InChI=1S/C15H20BrNOS/c1-2-10-4-3-5-12(8-10)18-14-9-11(16)6-7-13(14)15(17)19/h6-7,9-10,12H,2-5,8H2,1H3,(H2,17,19). The molecule has 1 fully saturated rings. The van der Waals surface area contributed by atoms with E-state index in [0.717, 1.165) is 34.5 Å². The third kappa shape index (κ3) is 3.93. The van der Waals surface area contributed by atoms with E-state index in [2.05, 4.69) is 22.9 Å². The molecular weight excluding hydrogens is 322 g/mol. The zero-order valence-corrected chi connectivity index (χ0v) is 13.6. The number of nitrogens with two attached hydrogens (primary N) is 1. The molecule has 2 nitrogen and oxygen atoms in total. The number of benzene rings is 1. The van der Waals surface area contributed by atoms with Gasteiger partial charge in [-0.2, -0.15) is 0 Å². The van der Waals surface area contributed by atoms with Crippen molar-refractivity contribution in [2.24, 2.45) is 11.7 Å². The fourth-order valence-electron chi connectivity index (χ4n) is 2.70. The van der Waals surface area contributed by atoms with Crippen LogP contribution in [-0.4, -0.2) is 11.1 Å². The maximum Gasteiger partial charge on any atom is 0.131 e. The molecule has 1 aromatic rings. The van der Waals surface area contributed by atoms with Crippen molar-refractivity contribution < 1.29 is 4.74 Å². The van der Waals surface area contributed by atoms with Gasteiger partial charge in [-0.3, -0.25) is 0 Å². The number of halogens is 1. The van der Waals surface area contributed by atoms with Gasteiger partial charge in [0.05, 0.1) is 11.7 Å². The molecule has 1 saturated carbocycles. The molecule has 0 saturated heterocycles. The molecule has 1 aromatic carbocycles. The smallest absolute Gasteiger partial charge is 0.131 e. The zero-order chi connectivity index (χ0) is 13.8. The van der Waals surface area contributed by atoms with E-state index in [1.54, 1.807) is 0 Å². The van der Waals surface area contributed by atoms with E-state index in [-0.39, 0.29) is 0 Å². The van der Waals surface area contributed by atoms with Crippen LogP contribution in [0.5, 0.6) is 5.75 Å². The van der Waals surface area contributed by atoms with Crippen LogP contribution < -0.4 is 10.5 Å². The molecule has 19 heavy (non-hydrogen) atoms. The molecule has 2 rings (SSSR count). The summed E-state index contributed by atoms with van der Waals surface area (Å²) >= 11 is 8.56. The largest absolute Gasteiger partial charge is 0.490 e. The summed E-state index contributed by atoms with van der Waals surface area (Å²) in [5.41, 5.74) is 6.59. The van der Waals surface area contributed by atoms with Crippen LogP contribution in [0.2, 0.25) is 0 Å². The molecule has 0 bridgehead atoms. The summed E-state index contributed by atoms with van der Waals surface area (Å²) in [4.78, 5) is 0.394. The molecule has 4 heteroatoms. The van der Waals surface area contributed by atoms with Gasteiger partial charge >= 0.3 is 0 Å². The molecule has 1 aliphatic rings. The van der Waals surface area contributed by atoms with Crippen molar-refractivity contribution >= 4 is 33.1 Å². The van der Waals surface area contributed by atoms with Crippen LogP contribution in [0.1, 0.15) is 44.6 Å². The summed E-state index contributed by atoms with van der Waals surface area (Å²) in [6.07, 6.45) is 6.37. The SMILES string of the molecule is CCC1CCCC(Oc2cc(Br)ccc2C(N)=S)C1. The quantitative estimate of drug-likeness (QED) is 0.822. The summed E-state index contributed by atoms with van der Waals surface area (Å²) in [7, 11) is 0. The van der Waals surface area contributed by atoms with Gasteiger partial charge in [0.2, 0.25) is 0 Å². The van der Waals surface area contributed by atoms with E-state index in [9.17, 15) is 0 Å². The van der Waals surface area contributed by atoms with Crippen molar-refractivity contribution in [1.82, 2.24) is 0 Å². The highest BCUT2D eigenvalue weighted by atomic mass is 79.9. The lowest BCUT2D eigenvalue weighted by Gasteiger charge is -2.29. The summed E-state index contributed by atoms with van der Waals surface area (Å²) in [6, 6.07) is 5.82. The third-order valence-corrected chi connectivity index (χ3v) is 4.53. The summed E-state index contributed by atoms with van der Waals surface area (Å²) in [5.74, 6) is 1.60. The van der Waals surface area contributed by atoms with E-state index >= 15 is 0 Å². The number of thiocarbonyl (C=S) groups is 1. The van der Waals surface area contributed by atoms with Crippen molar-refractivity contribution in [3.05, 3.63) is 28.2 Å². The predicted molar refractivity (Wildman–Crippen MR) is 86.7 cm³/mol. The third-order valence-electron chi connectivity index (χ3n) is 3.81. The Morgan fingerprint density at radius 3 is 2.95 bits per heavy atom. The summed E-state index contributed by atoms with van der Waals surface area (Å²) in [6.45, 7) is 2.26.